The Kier molecular flexibility index (Phi) is 3.16. The van der Waals surface area contributed by atoms with Gasteiger partial charge in [0, 0.05) is 25.2 Å². The Balaban J connectivity index is 1.60. The highest BCUT2D eigenvalue weighted by Crippen LogP contribution is 2.25. The van der Waals surface area contributed by atoms with Crippen LogP contribution in [0.3, 0.4) is 0 Å². The zero-order chi connectivity index (χ0) is 12.5. The number of aryl methyl sites for hydroxylation is 1. The van der Waals surface area contributed by atoms with E-state index in [1.54, 1.807) is 0 Å². The van der Waals surface area contributed by atoms with Gasteiger partial charge in [-0.25, -0.2) is 14.4 Å². The zero-order valence-corrected chi connectivity index (χ0v) is 10.7. The molecule has 1 aromatic rings. The van der Waals surface area contributed by atoms with Crippen LogP contribution in [0.4, 0.5) is 10.2 Å². The van der Waals surface area contributed by atoms with E-state index in [0.717, 1.165) is 13.1 Å². The maximum Gasteiger partial charge on any atom is 0.187 e. The van der Waals surface area contributed by atoms with E-state index in [1.165, 1.54) is 25.6 Å². The van der Waals surface area contributed by atoms with Crippen molar-refractivity contribution in [2.24, 2.45) is 0 Å². The molecule has 1 saturated carbocycles. The van der Waals surface area contributed by atoms with Gasteiger partial charge in [0.05, 0.1) is 5.69 Å². The molecule has 3 rings (SSSR count). The third-order valence-corrected chi connectivity index (χ3v) is 3.94. The first-order chi connectivity index (χ1) is 8.78. The summed E-state index contributed by atoms with van der Waals surface area (Å²) in [5.74, 6) is 0.218. The van der Waals surface area contributed by atoms with Crippen LogP contribution in [-0.4, -0.2) is 35.1 Å². The third-order valence-electron chi connectivity index (χ3n) is 3.94. The monoisotopic (exact) mass is 250 g/mol. The van der Waals surface area contributed by atoms with Gasteiger partial charge < -0.3 is 10.2 Å². The lowest BCUT2D eigenvalue weighted by Crippen LogP contribution is -2.61. The lowest BCUT2D eigenvalue weighted by molar-refractivity contribution is 0.277. The minimum Gasteiger partial charge on any atom is -0.351 e. The fourth-order valence-corrected chi connectivity index (χ4v) is 2.53. The molecule has 1 saturated heterocycles. The van der Waals surface area contributed by atoms with Gasteiger partial charge in [-0.1, -0.05) is 13.3 Å². The van der Waals surface area contributed by atoms with Crippen LogP contribution in [0.1, 0.15) is 31.9 Å². The van der Waals surface area contributed by atoms with Crippen LogP contribution in [0.2, 0.25) is 0 Å². The van der Waals surface area contributed by atoms with Gasteiger partial charge in [-0.3, -0.25) is 0 Å². The van der Waals surface area contributed by atoms with Crippen LogP contribution in [-0.2, 0) is 6.42 Å². The van der Waals surface area contributed by atoms with E-state index in [0.29, 0.717) is 30.0 Å². The van der Waals surface area contributed by atoms with Gasteiger partial charge in [-0.2, -0.15) is 0 Å². The van der Waals surface area contributed by atoms with Crippen molar-refractivity contribution >= 4 is 5.82 Å². The Bertz CT molecular complexity index is 427. The second kappa shape index (κ2) is 4.80. The Morgan fingerprint density at radius 3 is 2.72 bits per heavy atom. The van der Waals surface area contributed by atoms with E-state index in [1.807, 2.05) is 11.8 Å². The van der Waals surface area contributed by atoms with Gasteiger partial charge in [0.15, 0.2) is 11.6 Å². The average molecular weight is 250 g/mol. The fraction of sp³-hybridized carbons (Fsp3) is 0.692. The number of anilines is 1. The number of nitrogens with one attached hydrogen (secondary N) is 1. The van der Waals surface area contributed by atoms with Gasteiger partial charge in [0.2, 0.25) is 0 Å². The van der Waals surface area contributed by atoms with Crippen molar-refractivity contribution in [1.29, 1.82) is 0 Å². The van der Waals surface area contributed by atoms with Crippen LogP contribution in [0.25, 0.3) is 0 Å². The molecule has 1 aliphatic heterocycles. The molecule has 0 spiro atoms. The van der Waals surface area contributed by atoms with E-state index < -0.39 is 0 Å². The molecule has 0 unspecified atom stereocenters. The lowest BCUT2D eigenvalue weighted by Gasteiger charge is -2.44. The summed E-state index contributed by atoms with van der Waals surface area (Å²) < 4.78 is 14.0. The first-order valence-corrected chi connectivity index (χ1v) is 6.78. The third kappa shape index (κ3) is 2.07. The van der Waals surface area contributed by atoms with E-state index in [2.05, 4.69) is 15.3 Å². The normalized spacial score (nSPS) is 20.7. The Hall–Kier alpha value is -1.23. The van der Waals surface area contributed by atoms with Gasteiger partial charge in [-0.05, 0) is 19.3 Å². The van der Waals surface area contributed by atoms with Gasteiger partial charge in [-0.15, -0.1) is 0 Å². The highest BCUT2D eigenvalue weighted by Gasteiger charge is 2.32. The molecule has 2 fully saturated rings. The predicted octanol–water partition coefficient (Wildman–Crippen LogP) is 1.51. The fourth-order valence-electron chi connectivity index (χ4n) is 2.53. The van der Waals surface area contributed by atoms with Crippen molar-refractivity contribution in [2.45, 2.75) is 44.7 Å². The minimum atomic E-state index is -0.248. The van der Waals surface area contributed by atoms with E-state index in [4.69, 9.17) is 0 Å². The summed E-state index contributed by atoms with van der Waals surface area (Å²) in [5, 5.41) is 3.59. The number of nitrogens with zero attached hydrogens (tertiary/aromatic N) is 3. The molecule has 1 aliphatic carbocycles. The van der Waals surface area contributed by atoms with Crippen molar-refractivity contribution in [2.75, 3.05) is 18.0 Å². The van der Waals surface area contributed by atoms with Crippen LogP contribution in [0.15, 0.2) is 6.33 Å². The minimum absolute atomic E-state index is 0.248. The molecule has 0 amide bonds. The van der Waals surface area contributed by atoms with Gasteiger partial charge in [0.25, 0.3) is 0 Å². The highest BCUT2D eigenvalue weighted by molar-refractivity contribution is 5.44. The van der Waals surface area contributed by atoms with Gasteiger partial charge in [0.1, 0.15) is 6.33 Å². The molecular formula is C13H19FN4. The summed E-state index contributed by atoms with van der Waals surface area (Å²) in [4.78, 5) is 10.0. The second-order valence-electron chi connectivity index (χ2n) is 5.21. The summed E-state index contributed by atoms with van der Waals surface area (Å²) in [6, 6.07) is 1.19. The smallest absolute Gasteiger partial charge is 0.187 e. The number of rotatable bonds is 4. The van der Waals surface area contributed by atoms with Crippen molar-refractivity contribution in [1.82, 2.24) is 15.3 Å². The quantitative estimate of drug-likeness (QED) is 0.879. The van der Waals surface area contributed by atoms with Gasteiger partial charge >= 0.3 is 0 Å². The van der Waals surface area contributed by atoms with Crippen molar-refractivity contribution in [3.05, 3.63) is 17.8 Å². The first kappa shape index (κ1) is 11.8. The standard InChI is InChI=1S/C13H19FN4/c1-2-11-12(14)13(16-8-15-11)18-6-10(7-18)17-9-4-3-5-9/h8-10,17H,2-7H2,1H3. The highest BCUT2D eigenvalue weighted by atomic mass is 19.1. The van der Waals surface area contributed by atoms with Crippen LogP contribution in [0.5, 0.6) is 0 Å². The molecule has 1 aromatic heterocycles. The van der Waals surface area contributed by atoms with Crippen LogP contribution < -0.4 is 10.2 Å². The molecule has 2 aliphatic rings. The molecule has 0 atom stereocenters. The van der Waals surface area contributed by atoms with Crippen LogP contribution in [0, 0.1) is 5.82 Å². The number of hydrogen-bond acceptors (Lipinski definition) is 4. The zero-order valence-electron chi connectivity index (χ0n) is 10.7. The Labute approximate surface area is 107 Å². The molecule has 0 aromatic carbocycles. The Morgan fingerprint density at radius 1 is 1.33 bits per heavy atom. The molecule has 5 heteroatoms. The molecule has 98 valence electrons. The van der Waals surface area contributed by atoms with Crippen LogP contribution >= 0.6 is 0 Å². The maximum atomic E-state index is 14.0. The molecule has 4 nitrogen and oxygen atoms in total. The molecule has 0 bridgehead atoms. The molecule has 1 N–H and O–H groups in total. The summed E-state index contributed by atoms with van der Waals surface area (Å²) in [7, 11) is 0. The van der Waals surface area contributed by atoms with Crippen molar-refractivity contribution in [3.8, 4) is 0 Å². The molecule has 0 radical (unpaired) electrons. The van der Waals surface area contributed by atoms with E-state index >= 15 is 0 Å². The lowest BCUT2D eigenvalue weighted by atomic mass is 9.91. The predicted molar refractivity (Wildman–Crippen MR) is 68.1 cm³/mol. The number of halogens is 1. The number of hydrogen-bond donors (Lipinski definition) is 1. The average Bonchev–Trinajstić information content (AvgIpc) is 2.26. The maximum absolute atomic E-state index is 14.0. The van der Waals surface area contributed by atoms with Crippen molar-refractivity contribution < 1.29 is 4.39 Å². The van der Waals surface area contributed by atoms with Crippen molar-refractivity contribution in [3.63, 3.8) is 0 Å². The summed E-state index contributed by atoms with van der Waals surface area (Å²) in [6.45, 7) is 3.62. The van der Waals surface area contributed by atoms with E-state index in [-0.39, 0.29) is 5.82 Å². The summed E-state index contributed by atoms with van der Waals surface area (Å²) in [5.41, 5.74) is 0.510. The number of aromatic nitrogens is 2. The molecule has 2 heterocycles. The largest absolute Gasteiger partial charge is 0.351 e. The molecular weight excluding hydrogens is 231 g/mol. The first-order valence-electron chi connectivity index (χ1n) is 6.78. The summed E-state index contributed by atoms with van der Waals surface area (Å²) in [6.07, 6.45) is 5.99. The van der Waals surface area contributed by atoms with E-state index in [9.17, 15) is 4.39 Å². The topological polar surface area (TPSA) is 41.1 Å². The second-order valence-corrected chi connectivity index (χ2v) is 5.21. The molecule has 18 heavy (non-hydrogen) atoms. The summed E-state index contributed by atoms with van der Waals surface area (Å²) >= 11 is 0. The Morgan fingerprint density at radius 2 is 2.11 bits per heavy atom. The SMILES string of the molecule is CCc1ncnc(N2CC(NC3CCC3)C2)c1F.